The number of amides is 2. The summed E-state index contributed by atoms with van der Waals surface area (Å²) in [4.78, 5) is 30.9. The number of hydrogen-bond donors (Lipinski definition) is 2. The molecular formula is C29H35N5O2. The first-order valence-electron chi connectivity index (χ1n) is 12.9. The van der Waals surface area contributed by atoms with Crippen molar-refractivity contribution < 1.29 is 9.59 Å². The number of rotatable bonds is 7. The maximum Gasteiger partial charge on any atom is 0.238 e. The van der Waals surface area contributed by atoms with Crippen molar-refractivity contribution >= 4 is 17.5 Å². The highest BCUT2D eigenvalue weighted by atomic mass is 16.2. The normalized spacial score (nSPS) is 19.7. The summed E-state index contributed by atoms with van der Waals surface area (Å²) in [5, 5.41) is 10.1. The monoisotopic (exact) mass is 485 g/mol. The third-order valence-corrected chi connectivity index (χ3v) is 7.86. The highest BCUT2D eigenvalue weighted by Crippen LogP contribution is 2.45. The second-order valence-electron chi connectivity index (χ2n) is 10.4. The van der Waals surface area contributed by atoms with E-state index >= 15 is 0 Å². The standard InChI is InChI=1S/C29H35N5O2/c1-21-27(22(2)32-31-21)30-26(35)20-33-15-13-29(14-16-33)18-25(17-23-9-5-3-6-10-23)34(28(29)36)19-24-11-7-4-8-12-24/h3-12,25H,13-20H2,1-2H3,(H,30,35)(H,31,32)/t25-/m0/s1. The van der Waals surface area contributed by atoms with E-state index in [0.29, 0.717) is 13.1 Å². The number of aryl methyl sites for hydroxylation is 2. The third-order valence-electron chi connectivity index (χ3n) is 7.86. The average molecular weight is 486 g/mol. The van der Waals surface area contributed by atoms with Crippen LogP contribution in [0.3, 0.4) is 0 Å². The molecule has 0 aliphatic carbocycles. The first kappa shape index (κ1) is 24.3. The number of nitrogens with zero attached hydrogens (tertiary/aromatic N) is 3. The number of H-pyrrole nitrogens is 1. The largest absolute Gasteiger partial charge is 0.335 e. The van der Waals surface area contributed by atoms with Crippen molar-refractivity contribution in [2.45, 2.75) is 52.1 Å². The van der Waals surface area contributed by atoms with Crippen LogP contribution in [0.25, 0.3) is 0 Å². The van der Waals surface area contributed by atoms with Crippen molar-refractivity contribution in [3.05, 3.63) is 83.2 Å². The van der Waals surface area contributed by atoms with Gasteiger partial charge in [0.15, 0.2) is 0 Å². The van der Waals surface area contributed by atoms with Gasteiger partial charge in [-0.15, -0.1) is 0 Å². The zero-order valence-corrected chi connectivity index (χ0v) is 21.2. The van der Waals surface area contributed by atoms with E-state index < -0.39 is 0 Å². The highest BCUT2D eigenvalue weighted by Gasteiger charge is 2.52. The van der Waals surface area contributed by atoms with Gasteiger partial charge in [-0.05, 0) is 63.7 Å². The van der Waals surface area contributed by atoms with Crippen LogP contribution in [-0.4, -0.2) is 57.5 Å². The third kappa shape index (κ3) is 5.07. The van der Waals surface area contributed by atoms with E-state index in [1.54, 1.807) is 0 Å². The van der Waals surface area contributed by atoms with Crippen LogP contribution in [0.15, 0.2) is 60.7 Å². The van der Waals surface area contributed by atoms with Crippen molar-refractivity contribution in [2.75, 3.05) is 25.0 Å². The van der Waals surface area contributed by atoms with Crippen molar-refractivity contribution in [1.82, 2.24) is 20.0 Å². The number of carbonyl (C=O) groups excluding carboxylic acids is 2. The van der Waals surface area contributed by atoms with Crippen LogP contribution >= 0.6 is 0 Å². The van der Waals surface area contributed by atoms with Gasteiger partial charge in [0.05, 0.1) is 29.0 Å². The van der Waals surface area contributed by atoms with Gasteiger partial charge in [0.1, 0.15) is 0 Å². The van der Waals surface area contributed by atoms with Gasteiger partial charge >= 0.3 is 0 Å². The molecule has 2 N–H and O–H groups in total. The van der Waals surface area contributed by atoms with E-state index in [9.17, 15) is 9.59 Å². The molecule has 7 nitrogen and oxygen atoms in total. The maximum atomic E-state index is 13.9. The molecule has 1 spiro atoms. The van der Waals surface area contributed by atoms with Crippen LogP contribution in [-0.2, 0) is 22.6 Å². The topological polar surface area (TPSA) is 81.3 Å². The lowest BCUT2D eigenvalue weighted by molar-refractivity contribution is -0.139. The average Bonchev–Trinajstić information content (AvgIpc) is 3.33. The predicted octanol–water partition coefficient (Wildman–Crippen LogP) is 4.09. The second-order valence-corrected chi connectivity index (χ2v) is 10.4. The summed E-state index contributed by atoms with van der Waals surface area (Å²) in [6.45, 7) is 6.25. The molecule has 3 aromatic rings. The van der Waals surface area contributed by atoms with Crippen molar-refractivity contribution in [2.24, 2.45) is 5.41 Å². The number of hydrogen-bond acceptors (Lipinski definition) is 4. The van der Waals surface area contributed by atoms with Crippen molar-refractivity contribution in [1.29, 1.82) is 0 Å². The molecule has 0 radical (unpaired) electrons. The fourth-order valence-electron chi connectivity index (χ4n) is 5.84. The van der Waals surface area contributed by atoms with Crippen molar-refractivity contribution in [3.8, 4) is 0 Å². The van der Waals surface area contributed by atoms with Gasteiger partial charge in [-0.2, -0.15) is 5.10 Å². The predicted molar refractivity (Wildman–Crippen MR) is 140 cm³/mol. The molecule has 2 saturated heterocycles. The number of aromatic nitrogens is 2. The van der Waals surface area contributed by atoms with Crippen LogP contribution in [0.2, 0.25) is 0 Å². The Hall–Kier alpha value is -3.45. The molecule has 1 aromatic heterocycles. The molecule has 0 unspecified atom stereocenters. The zero-order chi connectivity index (χ0) is 25.1. The van der Waals surface area contributed by atoms with Crippen LogP contribution in [0.5, 0.6) is 0 Å². The Kier molecular flexibility index (Phi) is 6.92. The molecule has 2 aliphatic rings. The Morgan fingerprint density at radius 3 is 2.28 bits per heavy atom. The number of nitrogens with one attached hydrogen (secondary N) is 2. The molecule has 2 aromatic carbocycles. The quantitative estimate of drug-likeness (QED) is 0.528. The number of likely N-dealkylation sites (tertiary alicyclic amines) is 2. The second kappa shape index (κ2) is 10.3. The summed E-state index contributed by atoms with van der Waals surface area (Å²) in [5.41, 5.74) is 4.51. The lowest BCUT2D eigenvalue weighted by Crippen LogP contribution is -2.46. The van der Waals surface area contributed by atoms with E-state index in [4.69, 9.17) is 0 Å². The van der Waals surface area contributed by atoms with Gasteiger partial charge in [-0.25, -0.2) is 0 Å². The minimum atomic E-state index is -0.334. The van der Waals surface area contributed by atoms with E-state index in [-0.39, 0.29) is 23.3 Å². The van der Waals surface area contributed by atoms with Crippen LogP contribution in [0.1, 0.15) is 41.8 Å². The summed E-state index contributed by atoms with van der Waals surface area (Å²) in [7, 11) is 0. The molecule has 2 amide bonds. The van der Waals surface area contributed by atoms with Crippen LogP contribution < -0.4 is 5.32 Å². The first-order valence-corrected chi connectivity index (χ1v) is 12.9. The summed E-state index contributed by atoms with van der Waals surface area (Å²) < 4.78 is 0. The van der Waals surface area contributed by atoms with E-state index in [1.165, 1.54) is 11.1 Å². The summed E-state index contributed by atoms with van der Waals surface area (Å²) >= 11 is 0. The van der Waals surface area contributed by atoms with E-state index in [2.05, 4.69) is 61.7 Å². The van der Waals surface area contributed by atoms with E-state index in [1.807, 2.05) is 38.1 Å². The molecule has 36 heavy (non-hydrogen) atoms. The molecule has 0 saturated carbocycles. The lowest BCUT2D eigenvalue weighted by atomic mass is 9.75. The summed E-state index contributed by atoms with van der Waals surface area (Å²) in [5.74, 6) is 0.241. The lowest BCUT2D eigenvalue weighted by Gasteiger charge is -2.37. The van der Waals surface area contributed by atoms with E-state index in [0.717, 1.165) is 55.8 Å². The minimum Gasteiger partial charge on any atom is -0.335 e. The smallest absolute Gasteiger partial charge is 0.238 e. The summed E-state index contributed by atoms with van der Waals surface area (Å²) in [6, 6.07) is 20.9. The zero-order valence-electron chi connectivity index (χ0n) is 21.2. The molecule has 2 fully saturated rings. The molecular weight excluding hydrogens is 450 g/mol. The minimum absolute atomic E-state index is 0.0380. The molecule has 7 heteroatoms. The SMILES string of the molecule is Cc1n[nH]c(C)c1NC(=O)CN1CCC2(CC1)C[C@H](Cc1ccccc1)N(Cc1ccccc1)C2=O. The Bertz CT molecular complexity index is 1180. The van der Waals surface area contributed by atoms with Gasteiger partial charge in [-0.3, -0.25) is 19.6 Å². The molecule has 3 heterocycles. The number of aromatic amines is 1. The first-order chi connectivity index (χ1) is 17.4. The van der Waals surface area contributed by atoms with Crippen LogP contribution in [0.4, 0.5) is 5.69 Å². The Balaban J connectivity index is 1.26. The molecule has 188 valence electrons. The van der Waals surface area contributed by atoms with Crippen LogP contribution in [0, 0.1) is 19.3 Å². The summed E-state index contributed by atoms with van der Waals surface area (Å²) in [6.07, 6.45) is 3.33. The number of anilines is 1. The van der Waals surface area contributed by atoms with Gasteiger partial charge in [0.2, 0.25) is 11.8 Å². The molecule has 0 bridgehead atoms. The van der Waals surface area contributed by atoms with Crippen molar-refractivity contribution in [3.63, 3.8) is 0 Å². The number of carbonyl (C=O) groups is 2. The number of benzene rings is 2. The number of piperidine rings is 1. The Morgan fingerprint density at radius 1 is 1.03 bits per heavy atom. The molecule has 2 aliphatic heterocycles. The molecule has 5 rings (SSSR count). The van der Waals surface area contributed by atoms with Gasteiger partial charge in [0.25, 0.3) is 0 Å². The fourth-order valence-corrected chi connectivity index (χ4v) is 5.84. The van der Waals surface area contributed by atoms with Gasteiger partial charge in [0, 0.05) is 12.6 Å². The fraction of sp³-hybridized carbons (Fsp3) is 0.414. The van der Waals surface area contributed by atoms with Gasteiger partial charge < -0.3 is 10.2 Å². The highest BCUT2D eigenvalue weighted by molar-refractivity contribution is 5.93. The Labute approximate surface area is 212 Å². The molecule has 1 atom stereocenters. The maximum absolute atomic E-state index is 13.9. The van der Waals surface area contributed by atoms with Gasteiger partial charge in [-0.1, -0.05) is 60.7 Å². The Morgan fingerprint density at radius 2 is 1.67 bits per heavy atom.